The molecule has 54 valence electrons. The van der Waals surface area contributed by atoms with E-state index in [1.54, 1.807) is 7.05 Å². The van der Waals surface area contributed by atoms with Gasteiger partial charge in [-0.05, 0) is 5.21 Å². The molecule has 0 aliphatic rings. The van der Waals surface area contributed by atoms with Crippen LogP contribution in [0.5, 0.6) is 0 Å². The van der Waals surface area contributed by atoms with E-state index in [1.165, 1.54) is 4.80 Å². The molecule has 0 fully saturated rings. The molecule has 1 heterocycles. The molecule has 7 heteroatoms. The molecule has 0 aliphatic heterocycles. The number of hydrogen-bond acceptors (Lipinski definition) is 5. The van der Waals surface area contributed by atoms with Crippen molar-refractivity contribution in [1.29, 1.82) is 0 Å². The van der Waals surface area contributed by atoms with Crippen LogP contribution in [0, 0.1) is 0 Å². The SMILES string of the molecule is Cn1nnc(CC(=O)[O-])n1.[Na+]. The third kappa shape index (κ3) is 3.45. The van der Waals surface area contributed by atoms with E-state index in [2.05, 4.69) is 15.4 Å². The summed E-state index contributed by atoms with van der Waals surface area (Å²) in [7, 11) is 1.56. The summed E-state index contributed by atoms with van der Waals surface area (Å²) in [5.41, 5.74) is 0. The molecule has 0 N–H and O–H groups in total. The maximum Gasteiger partial charge on any atom is 1.00 e. The van der Waals surface area contributed by atoms with E-state index in [9.17, 15) is 9.90 Å². The summed E-state index contributed by atoms with van der Waals surface area (Å²) in [6, 6.07) is 0. The van der Waals surface area contributed by atoms with Gasteiger partial charge in [0.2, 0.25) is 0 Å². The van der Waals surface area contributed by atoms with Crippen molar-refractivity contribution in [2.75, 3.05) is 0 Å². The molecule has 0 saturated heterocycles. The van der Waals surface area contributed by atoms with Crippen molar-refractivity contribution in [3.63, 3.8) is 0 Å². The second-order valence-electron chi connectivity index (χ2n) is 1.74. The van der Waals surface area contributed by atoms with Crippen molar-refractivity contribution >= 4 is 5.97 Å². The van der Waals surface area contributed by atoms with Crippen LogP contribution in [-0.2, 0) is 18.3 Å². The van der Waals surface area contributed by atoms with E-state index in [4.69, 9.17) is 0 Å². The van der Waals surface area contributed by atoms with Gasteiger partial charge in [0.05, 0.1) is 13.5 Å². The Bertz CT molecular complexity index is 248. The molecule has 0 spiro atoms. The van der Waals surface area contributed by atoms with Crippen molar-refractivity contribution in [3.05, 3.63) is 5.82 Å². The maximum absolute atomic E-state index is 9.95. The number of carbonyl (C=O) groups is 1. The second kappa shape index (κ2) is 4.42. The first-order valence-electron chi connectivity index (χ1n) is 2.61. The number of aryl methyl sites for hydroxylation is 1. The summed E-state index contributed by atoms with van der Waals surface area (Å²) >= 11 is 0. The molecule has 1 aromatic heterocycles. The summed E-state index contributed by atoms with van der Waals surface area (Å²) in [5, 5.41) is 20.4. The first-order valence-corrected chi connectivity index (χ1v) is 2.61. The number of nitrogens with zero attached hydrogens (tertiary/aromatic N) is 4. The Balaban J connectivity index is 0.000001000. The first kappa shape index (κ1) is 10.5. The van der Waals surface area contributed by atoms with Gasteiger partial charge in [0, 0.05) is 5.97 Å². The summed E-state index contributed by atoms with van der Waals surface area (Å²) in [6.45, 7) is 0. The number of tetrazole rings is 1. The van der Waals surface area contributed by atoms with E-state index in [0.717, 1.165) is 0 Å². The van der Waals surface area contributed by atoms with Crippen LogP contribution in [0.25, 0.3) is 0 Å². The van der Waals surface area contributed by atoms with Crippen LogP contribution in [-0.4, -0.2) is 26.2 Å². The van der Waals surface area contributed by atoms with E-state index >= 15 is 0 Å². The molecule has 0 saturated carbocycles. The molecule has 0 bridgehead atoms. The van der Waals surface area contributed by atoms with Crippen LogP contribution in [0.2, 0.25) is 0 Å². The Labute approximate surface area is 84.9 Å². The zero-order valence-electron chi connectivity index (χ0n) is 6.31. The predicted octanol–water partition coefficient (Wildman–Crippen LogP) is -5.49. The Morgan fingerprint density at radius 1 is 1.73 bits per heavy atom. The van der Waals surface area contributed by atoms with Crippen molar-refractivity contribution in [2.45, 2.75) is 6.42 Å². The van der Waals surface area contributed by atoms with E-state index in [0.29, 0.717) is 0 Å². The molecule has 6 nitrogen and oxygen atoms in total. The average Bonchev–Trinajstić information content (AvgIpc) is 2.13. The fourth-order valence-corrected chi connectivity index (χ4v) is 0.523. The van der Waals surface area contributed by atoms with Crippen LogP contribution in [0.3, 0.4) is 0 Å². The minimum Gasteiger partial charge on any atom is -0.550 e. The fourth-order valence-electron chi connectivity index (χ4n) is 0.523. The first-order chi connectivity index (χ1) is 4.68. The fraction of sp³-hybridized carbons (Fsp3) is 0.500. The second-order valence-corrected chi connectivity index (χ2v) is 1.74. The zero-order valence-corrected chi connectivity index (χ0v) is 8.31. The summed E-state index contributed by atoms with van der Waals surface area (Å²) in [5.74, 6) is -1.03. The standard InChI is InChI=1S/C4H6N4O2.Na/c1-8-6-3(5-7-8)2-4(9)10;/h2H2,1H3,(H,9,10);/q;+1/p-1. The Morgan fingerprint density at radius 2 is 2.36 bits per heavy atom. The van der Waals surface area contributed by atoms with Crippen molar-refractivity contribution in [1.82, 2.24) is 20.2 Å². The molecule has 0 radical (unpaired) electrons. The maximum atomic E-state index is 9.95. The Morgan fingerprint density at radius 3 is 2.73 bits per heavy atom. The molecule has 0 amide bonds. The number of aliphatic carboxylic acids is 1. The van der Waals surface area contributed by atoms with Gasteiger partial charge in [-0.15, -0.1) is 10.2 Å². The summed E-state index contributed by atoms with van der Waals surface area (Å²) in [4.78, 5) is 11.1. The number of aromatic nitrogens is 4. The summed E-state index contributed by atoms with van der Waals surface area (Å²) < 4.78 is 0. The van der Waals surface area contributed by atoms with Gasteiger partial charge in [0.15, 0.2) is 5.82 Å². The van der Waals surface area contributed by atoms with Crippen LogP contribution >= 0.6 is 0 Å². The number of carboxylic acid groups (broad SMARTS) is 1. The molecule has 0 atom stereocenters. The zero-order chi connectivity index (χ0) is 7.56. The third-order valence-electron chi connectivity index (χ3n) is 0.852. The molecule has 0 aliphatic carbocycles. The quantitative estimate of drug-likeness (QED) is 0.407. The van der Waals surface area contributed by atoms with Crippen molar-refractivity contribution in [2.24, 2.45) is 7.05 Å². The minimum atomic E-state index is -1.20. The van der Waals surface area contributed by atoms with Crippen molar-refractivity contribution in [3.8, 4) is 0 Å². The van der Waals surface area contributed by atoms with Crippen LogP contribution in [0.4, 0.5) is 0 Å². The number of rotatable bonds is 2. The smallest absolute Gasteiger partial charge is 0.550 e. The van der Waals surface area contributed by atoms with Gasteiger partial charge >= 0.3 is 29.6 Å². The molecule has 1 aromatic rings. The molecule has 0 unspecified atom stereocenters. The monoisotopic (exact) mass is 164 g/mol. The number of carboxylic acids is 1. The van der Waals surface area contributed by atoms with Crippen LogP contribution in [0.1, 0.15) is 5.82 Å². The van der Waals surface area contributed by atoms with Crippen LogP contribution < -0.4 is 34.7 Å². The number of hydrogen-bond donors (Lipinski definition) is 0. The van der Waals surface area contributed by atoms with E-state index < -0.39 is 5.97 Å². The predicted molar refractivity (Wildman–Crippen MR) is 27.5 cm³/mol. The van der Waals surface area contributed by atoms with E-state index in [1.807, 2.05) is 0 Å². The minimum absolute atomic E-state index is 0. The molecular formula is C4H5N4NaO2. The van der Waals surface area contributed by atoms with Crippen LogP contribution in [0.15, 0.2) is 0 Å². The topological polar surface area (TPSA) is 83.7 Å². The normalized spacial score (nSPS) is 8.82. The third-order valence-corrected chi connectivity index (χ3v) is 0.852. The van der Waals surface area contributed by atoms with E-state index in [-0.39, 0.29) is 41.8 Å². The molecule has 11 heavy (non-hydrogen) atoms. The van der Waals surface area contributed by atoms with Gasteiger partial charge < -0.3 is 9.90 Å². The largest absolute Gasteiger partial charge is 1.00 e. The number of carbonyl (C=O) groups excluding carboxylic acids is 1. The summed E-state index contributed by atoms with van der Waals surface area (Å²) in [6.07, 6.45) is -0.284. The van der Waals surface area contributed by atoms with Crippen molar-refractivity contribution < 1.29 is 39.5 Å². The van der Waals surface area contributed by atoms with Gasteiger partial charge in [-0.3, -0.25) is 0 Å². The Hall–Kier alpha value is -0.460. The Kier molecular flexibility index (Phi) is 4.24. The molecule has 0 aromatic carbocycles. The molecular weight excluding hydrogens is 159 g/mol. The van der Waals surface area contributed by atoms with Gasteiger partial charge in [-0.25, -0.2) is 0 Å². The van der Waals surface area contributed by atoms with Gasteiger partial charge in [0.1, 0.15) is 0 Å². The average molecular weight is 164 g/mol. The van der Waals surface area contributed by atoms with Gasteiger partial charge in [-0.2, -0.15) is 4.80 Å². The molecule has 1 rings (SSSR count). The van der Waals surface area contributed by atoms with Gasteiger partial charge in [-0.1, -0.05) is 0 Å². The van der Waals surface area contributed by atoms with Gasteiger partial charge in [0.25, 0.3) is 0 Å².